The van der Waals surface area contributed by atoms with E-state index in [0.717, 1.165) is 28.7 Å². The molecule has 1 atom stereocenters. The summed E-state index contributed by atoms with van der Waals surface area (Å²) in [6.45, 7) is 1.24. The average molecular weight is 459 g/mol. The molecule has 1 fully saturated rings. The van der Waals surface area contributed by atoms with Crippen molar-refractivity contribution in [2.45, 2.75) is 19.0 Å². The molecule has 1 aliphatic rings. The Kier molecular flexibility index (Phi) is 5.55. The number of rotatable bonds is 6. The predicted octanol–water partition coefficient (Wildman–Crippen LogP) is 4.07. The number of thiazole rings is 1. The Balaban J connectivity index is 1.58. The first kappa shape index (κ1) is 21.7. The molecule has 2 aromatic carbocycles. The third-order valence-electron chi connectivity index (χ3n) is 5.24. The molecule has 1 saturated heterocycles. The molecule has 0 aliphatic carbocycles. The van der Waals surface area contributed by atoms with Crippen LogP contribution in [0, 0.1) is 11.6 Å². The van der Waals surface area contributed by atoms with E-state index in [0.29, 0.717) is 22.2 Å². The lowest BCUT2D eigenvalue weighted by Gasteiger charge is -2.22. The van der Waals surface area contributed by atoms with Crippen LogP contribution in [-0.2, 0) is 16.9 Å². The van der Waals surface area contributed by atoms with Crippen molar-refractivity contribution in [3.8, 4) is 22.1 Å². The van der Waals surface area contributed by atoms with Crippen molar-refractivity contribution in [3.05, 3.63) is 64.7 Å². The fourth-order valence-electron chi connectivity index (χ4n) is 3.55. The van der Waals surface area contributed by atoms with E-state index in [1.807, 2.05) is 6.07 Å². The molecule has 3 amide bonds. The Labute approximate surface area is 186 Å². The van der Waals surface area contributed by atoms with Crippen LogP contribution in [0.4, 0.5) is 13.6 Å². The van der Waals surface area contributed by atoms with Crippen molar-refractivity contribution >= 4 is 23.3 Å². The lowest BCUT2D eigenvalue weighted by molar-refractivity contribution is -0.131. The molecular weight excluding hydrogens is 440 g/mol. The lowest BCUT2D eigenvalue weighted by Crippen LogP contribution is -2.41. The number of nitrogens with one attached hydrogen (secondary N) is 1. The van der Waals surface area contributed by atoms with Crippen LogP contribution in [0.5, 0.6) is 11.5 Å². The number of aromatic nitrogens is 1. The number of methoxy groups -OCH3 is 2. The number of carbonyl (C=O) groups is 2. The van der Waals surface area contributed by atoms with Gasteiger partial charge in [-0.05, 0) is 43.3 Å². The fourth-order valence-corrected chi connectivity index (χ4v) is 4.36. The molecule has 2 heterocycles. The quantitative estimate of drug-likeness (QED) is 0.562. The monoisotopic (exact) mass is 459 g/mol. The Bertz CT molecular complexity index is 1220. The molecule has 4 rings (SSSR count). The van der Waals surface area contributed by atoms with Crippen molar-refractivity contribution in [1.29, 1.82) is 0 Å². The van der Waals surface area contributed by atoms with Gasteiger partial charge in [-0.25, -0.2) is 18.6 Å². The molecule has 1 aliphatic heterocycles. The first-order valence-corrected chi connectivity index (χ1v) is 10.4. The number of urea groups is 1. The number of hydrogen-bond acceptors (Lipinski definition) is 6. The van der Waals surface area contributed by atoms with E-state index in [9.17, 15) is 18.4 Å². The van der Waals surface area contributed by atoms with E-state index in [1.165, 1.54) is 25.4 Å². The summed E-state index contributed by atoms with van der Waals surface area (Å²) in [4.78, 5) is 31.0. The Morgan fingerprint density at radius 2 is 1.84 bits per heavy atom. The molecule has 0 bridgehead atoms. The van der Waals surface area contributed by atoms with Crippen molar-refractivity contribution in [2.24, 2.45) is 0 Å². The van der Waals surface area contributed by atoms with Gasteiger partial charge in [-0.3, -0.25) is 9.69 Å². The van der Waals surface area contributed by atoms with Crippen LogP contribution >= 0.6 is 11.3 Å². The number of imide groups is 1. The second kappa shape index (κ2) is 8.19. The van der Waals surface area contributed by atoms with E-state index >= 15 is 0 Å². The zero-order valence-electron chi connectivity index (χ0n) is 17.4. The maximum atomic E-state index is 14.3. The molecule has 3 aromatic rings. The third kappa shape index (κ3) is 3.66. The van der Waals surface area contributed by atoms with Crippen LogP contribution in [0.25, 0.3) is 10.6 Å². The highest BCUT2D eigenvalue weighted by atomic mass is 32.1. The lowest BCUT2D eigenvalue weighted by atomic mass is 9.91. The molecule has 1 N–H and O–H groups in total. The highest BCUT2D eigenvalue weighted by Crippen LogP contribution is 2.35. The van der Waals surface area contributed by atoms with Crippen LogP contribution in [0.1, 0.15) is 18.2 Å². The largest absolute Gasteiger partial charge is 0.493 e. The highest BCUT2D eigenvalue weighted by Gasteiger charge is 2.50. The molecular formula is C22H19F2N3O4S. The van der Waals surface area contributed by atoms with Crippen LogP contribution < -0.4 is 14.8 Å². The van der Waals surface area contributed by atoms with E-state index < -0.39 is 29.1 Å². The van der Waals surface area contributed by atoms with E-state index in [1.54, 1.807) is 24.6 Å². The molecule has 10 heteroatoms. The van der Waals surface area contributed by atoms with E-state index in [2.05, 4.69) is 10.3 Å². The smallest absolute Gasteiger partial charge is 0.325 e. The Morgan fingerprint density at radius 1 is 1.09 bits per heavy atom. The predicted molar refractivity (Wildman–Crippen MR) is 113 cm³/mol. The van der Waals surface area contributed by atoms with Crippen LogP contribution in [0.2, 0.25) is 0 Å². The molecule has 0 saturated carbocycles. The second-order valence-corrected chi connectivity index (χ2v) is 8.14. The van der Waals surface area contributed by atoms with Crippen LogP contribution in [-0.4, -0.2) is 36.0 Å². The Hall–Kier alpha value is -3.53. The van der Waals surface area contributed by atoms with E-state index in [4.69, 9.17) is 9.47 Å². The van der Waals surface area contributed by atoms with Gasteiger partial charge in [0.15, 0.2) is 11.5 Å². The number of hydrogen-bond donors (Lipinski definition) is 1. The number of ether oxygens (including phenoxy) is 2. The van der Waals surface area contributed by atoms with Gasteiger partial charge in [0, 0.05) is 16.5 Å². The minimum atomic E-state index is -1.72. The highest BCUT2D eigenvalue weighted by molar-refractivity contribution is 7.13. The average Bonchev–Trinajstić information content (AvgIpc) is 3.34. The van der Waals surface area contributed by atoms with E-state index in [-0.39, 0.29) is 12.1 Å². The number of halogens is 2. The van der Waals surface area contributed by atoms with Crippen molar-refractivity contribution in [1.82, 2.24) is 15.2 Å². The molecule has 1 aromatic heterocycles. The van der Waals surface area contributed by atoms with Crippen molar-refractivity contribution in [2.75, 3.05) is 14.2 Å². The van der Waals surface area contributed by atoms with Crippen molar-refractivity contribution < 1.29 is 27.8 Å². The van der Waals surface area contributed by atoms with Gasteiger partial charge in [-0.15, -0.1) is 11.3 Å². The Morgan fingerprint density at radius 3 is 2.56 bits per heavy atom. The summed E-state index contributed by atoms with van der Waals surface area (Å²) in [5.41, 5.74) is -0.691. The van der Waals surface area contributed by atoms with Gasteiger partial charge < -0.3 is 14.8 Å². The third-order valence-corrected chi connectivity index (χ3v) is 6.18. The number of carbonyl (C=O) groups excluding carboxylic acids is 2. The molecule has 7 nitrogen and oxygen atoms in total. The van der Waals surface area contributed by atoms with Crippen LogP contribution in [0.15, 0.2) is 41.8 Å². The minimum absolute atomic E-state index is 0.110. The summed E-state index contributed by atoms with van der Waals surface area (Å²) in [5.74, 6) is -1.05. The molecule has 32 heavy (non-hydrogen) atoms. The van der Waals surface area contributed by atoms with Gasteiger partial charge in [0.1, 0.15) is 22.2 Å². The summed E-state index contributed by atoms with van der Waals surface area (Å²) >= 11 is 1.34. The fraction of sp³-hybridized carbons (Fsp3) is 0.227. The molecule has 166 valence electrons. The first-order valence-electron chi connectivity index (χ1n) is 9.53. The normalized spacial score (nSPS) is 18.1. The topological polar surface area (TPSA) is 80.8 Å². The molecule has 1 unspecified atom stereocenters. The summed E-state index contributed by atoms with van der Waals surface area (Å²) < 4.78 is 38.5. The number of nitrogens with zero attached hydrogens (tertiary/aromatic N) is 2. The van der Waals surface area contributed by atoms with Crippen molar-refractivity contribution in [3.63, 3.8) is 0 Å². The standard InChI is InChI=1S/C22H19F2N3O4S/c1-22(15-9-13(23)5-6-16(15)24)20(28)27(21(29)26-22)10-14-11-32-19(25-14)12-4-7-17(30-2)18(8-12)31-3/h4-9,11H,10H2,1-3H3,(H,26,29). The first-order chi connectivity index (χ1) is 15.3. The van der Waals surface area contributed by atoms with Gasteiger partial charge in [0.2, 0.25) is 0 Å². The summed E-state index contributed by atoms with van der Waals surface area (Å²) in [5, 5.41) is 4.86. The molecule has 0 radical (unpaired) electrons. The maximum Gasteiger partial charge on any atom is 0.325 e. The van der Waals surface area contributed by atoms with Gasteiger partial charge in [-0.1, -0.05) is 0 Å². The van der Waals surface area contributed by atoms with Crippen LogP contribution in [0.3, 0.4) is 0 Å². The second-order valence-electron chi connectivity index (χ2n) is 7.28. The van der Waals surface area contributed by atoms with Gasteiger partial charge in [-0.2, -0.15) is 0 Å². The van der Waals surface area contributed by atoms with Gasteiger partial charge >= 0.3 is 6.03 Å². The number of benzene rings is 2. The summed E-state index contributed by atoms with van der Waals surface area (Å²) in [7, 11) is 3.07. The zero-order valence-corrected chi connectivity index (χ0v) is 18.3. The minimum Gasteiger partial charge on any atom is -0.493 e. The maximum absolute atomic E-state index is 14.3. The van der Waals surface area contributed by atoms with Gasteiger partial charge in [0.25, 0.3) is 5.91 Å². The molecule has 0 spiro atoms. The number of amides is 3. The van der Waals surface area contributed by atoms with Gasteiger partial charge in [0.05, 0.1) is 26.5 Å². The zero-order chi connectivity index (χ0) is 23.0. The summed E-state index contributed by atoms with van der Waals surface area (Å²) in [6.07, 6.45) is 0. The SMILES string of the molecule is COc1ccc(-c2nc(CN3C(=O)NC(C)(c4cc(F)ccc4F)C3=O)cs2)cc1OC. The summed E-state index contributed by atoms with van der Waals surface area (Å²) in [6, 6.07) is 7.43.